The molecule has 2 heterocycles. The molecule has 2 rings (SSSR count). The third-order valence-electron chi connectivity index (χ3n) is 2.65. The highest BCUT2D eigenvalue weighted by atomic mass is 16.5. The van der Waals surface area contributed by atoms with Gasteiger partial charge in [-0.2, -0.15) is 5.10 Å². The largest absolute Gasteiger partial charge is 0.382 e. The lowest BCUT2D eigenvalue weighted by molar-refractivity contribution is 0.174. The molecule has 17 heavy (non-hydrogen) atoms. The zero-order valence-electron chi connectivity index (χ0n) is 9.84. The standard InChI is InChI=1S/C12H15N3O2/c1-8-10(6-14-15-8)12(16)11-9(7-17-2)4-3-5-13-11/h3-6,12,16H,7H2,1-2H3,(H,14,15). The first-order chi connectivity index (χ1) is 8.24. The molecule has 0 radical (unpaired) electrons. The number of ether oxygens (including phenoxy) is 1. The highest BCUT2D eigenvalue weighted by Gasteiger charge is 2.18. The van der Waals surface area contributed by atoms with Crippen molar-refractivity contribution in [3.05, 3.63) is 47.0 Å². The summed E-state index contributed by atoms with van der Waals surface area (Å²) in [5.41, 5.74) is 3.06. The van der Waals surface area contributed by atoms with Crippen molar-refractivity contribution in [2.45, 2.75) is 19.6 Å². The number of rotatable bonds is 4. The number of aromatic amines is 1. The van der Waals surface area contributed by atoms with E-state index >= 15 is 0 Å². The minimum atomic E-state index is -0.778. The van der Waals surface area contributed by atoms with Crippen LogP contribution in [0.5, 0.6) is 0 Å². The van der Waals surface area contributed by atoms with Crippen molar-refractivity contribution in [2.75, 3.05) is 7.11 Å². The summed E-state index contributed by atoms with van der Waals surface area (Å²) in [5.74, 6) is 0. The second-order valence-corrected chi connectivity index (χ2v) is 3.83. The van der Waals surface area contributed by atoms with Crippen molar-refractivity contribution in [1.82, 2.24) is 15.2 Å². The first-order valence-electron chi connectivity index (χ1n) is 5.34. The Morgan fingerprint density at radius 3 is 3.00 bits per heavy atom. The van der Waals surface area contributed by atoms with Gasteiger partial charge in [0.15, 0.2) is 0 Å². The predicted molar refractivity (Wildman–Crippen MR) is 62.3 cm³/mol. The number of H-pyrrole nitrogens is 1. The van der Waals surface area contributed by atoms with Gasteiger partial charge in [-0.3, -0.25) is 10.1 Å². The SMILES string of the molecule is COCc1cccnc1C(O)c1cn[nH]c1C. The molecule has 1 atom stereocenters. The number of nitrogens with one attached hydrogen (secondary N) is 1. The maximum absolute atomic E-state index is 10.3. The third-order valence-corrected chi connectivity index (χ3v) is 2.65. The number of nitrogens with zero attached hydrogens (tertiary/aromatic N) is 2. The number of pyridine rings is 1. The summed E-state index contributed by atoms with van der Waals surface area (Å²) in [5, 5.41) is 17.0. The Hall–Kier alpha value is -1.72. The fourth-order valence-electron chi connectivity index (χ4n) is 1.76. The van der Waals surface area contributed by atoms with Crippen LogP contribution in [0, 0.1) is 6.92 Å². The molecule has 1 unspecified atom stereocenters. The summed E-state index contributed by atoms with van der Waals surface area (Å²) < 4.78 is 5.09. The van der Waals surface area contributed by atoms with Gasteiger partial charge in [0.1, 0.15) is 6.10 Å². The van der Waals surface area contributed by atoms with Gasteiger partial charge in [-0.05, 0) is 13.0 Å². The summed E-state index contributed by atoms with van der Waals surface area (Å²) in [4.78, 5) is 4.22. The van der Waals surface area contributed by atoms with E-state index in [4.69, 9.17) is 4.74 Å². The quantitative estimate of drug-likeness (QED) is 0.836. The summed E-state index contributed by atoms with van der Waals surface area (Å²) in [6.45, 7) is 2.29. The molecule has 0 saturated carbocycles. The maximum atomic E-state index is 10.3. The van der Waals surface area contributed by atoms with E-state index < -0.39 is 6.10 Å². The van der Waals surface area contributed by atoms with Crippen LogP contribution in [0.3, 0.4) is 0 Å². The Morgan fingerprint density at radius 1 is 1.53 bits per heavy atom. The van der Waals surface area contributed by atoms with Gasteiger partial charge in [-0.15, -0.1) is 0 Å². The number of hydrogen-bond acceptors (Lipinski definition) is 4. The number of aliphatic hydroxyl groups excluding tert-OH is 1. The lowest BCUT2D eigenvalue weighted by atomic mass is 10.0. The Kier molecular flexibility index (Phi) is 3.51. The smallest absolute Gasteiger partial charge is 0.125 e. The highest BCUT2D eigenvalue weighted by Crippen LogP contribution is 2.24. The van der Waals surface area contributed by atoms with Crippen molar-refractivity contribution in [1.29, 1.82) is 0 Å². The number of aromatic nitrogens is 3. The Morgan fingerprint density at radius 2 is 2.35 bits per heavy atom. The second kappa shape index (κ2) is 5.07. The van der Waals surface area contributed by atoms with E-state index in [1.807, 2.05) is 19.1 Å². The lowest BCUT2D eigenvalue weighted by Crippen LogP contribution is -2.07. The summed E-state index contributed by atoms with van der Waals surface area (Å²) in [7, 11) is 1.62. The highest BCUT2D eigenvalue weighted by molar-refractivity contribution is 5.31. The van der Waals surface area contributed by atoms with E-state index in [0.717, 1.165) is 16.8 Å². The third kappa shape index (κ3) is 2.35. The summed E-state index contributed by atoms with van der Waals surface area (Å²) >= 11 is 0. The molecule has 2 aromatic heterocycles. The number of aliphatic hydroxyl groups is 1. The topological polar surface area (TPSA) is 71.0 Å². The first kappa shape index (κ1) is 11.8. The molecule has 0 fully saturated rings. The molecule has 2 N–H and O–H groups in total. The molecule has 0 aliphatic rings. The molecular weight excluding hydrogens is 218 g/mol. The molecule has 90 valence electrons. The molecular formula is C12H15N3O2. The molecule has 0 aromatic carbocycles. The minimum absolute atomic E-state index is 0.428. The van der Waals surface area contributed by atoms with Crippen molar-refractivity contribution < 1.29 is 9.84 Å². The summed E-state index contributed by atoms with van der Waals surface area (Å²) in [6, 6.07) is 3.72. The van der Waals surface area contributed by atoms with Crippen molar-refractivity contribution in [3.8, 4) is 0 Å². The van der Waals surface area contributed by atoms with E-state index in [-0.39, 0.29) is 0 Å². The monoisotopic (exact) mass is 233 g/mol. The second-order valence-electron chi connectivity index (χ2n) is 3.83. The van der Waals surface area contributed by atoms with Crippen LogP contribution in [0.2, 0.25) is 0 Å². The van der Waals surface area contributed by atoms with Gasteiger partial charge in [-0.25, -0.2) is 0 Å². The number of hydrogen-bond donors (Lipinski definition) is 2. The molecule has 0 bridgehead atoms. The molecule has 0 aliphatic heterocycles. The van der Waals surface area contributed by atoms with Gasteiger partial charge in [0.25, 0.3) is 0 Å². The number of methoxy groups -OCH3 is 1. The van der Waals surface area contributed by atoms with Gasteiger partial charge < -0.3 is 9.84 Å². The van der Waals surface area contributed by atoms with E-state index in [0.29, 0.717) is 12.3 Å². The fraction of sp³-hybridized carbons (Fsp3) is 0.333. The van der Waals surface area contributed by atoms with Crippen LogP contribution in [0.1, 0.15) is 28.6 Å². The summed E-state index contributed by atoms with van der Waals surface area (Å²) in [6.07, 6.45) is 2.50. The van der Waals surface area contributed by atoms with Gasteiger partial charge in [0.2, 0.25) is 0 Å². The molecule has 0 spiro atoms. The normalized spacial score (nSPS) is 12.6. The Balaban J connectivity index is 2.37. The van der Waals surface area contributed by atoms with E-state index in [1.54, 1.807) is 19.5 Å². The van der Waals surface area contributed by atoms with E-state index in [2.05, 4.69) is 15.2 Å². The molecule has 0 amide bonds. The van der Waals surface area contributed by atoms with Gasteiger partial charge in [0.05, 0.1) is 18.5 Å². The average Bonchev–Trinajstić information content (AvgIpc) is 2.76. The van der Waals surface area contributed by atoms with Crippen LogP contribution in [-0.4, -0.2) is 27.4 Å². The minimum Gasteiger partial charge on any atom is -0.382 e. The molecule has 5 heteroatoms. The van der Waals surface area contributed by atoms with Gasteiger partial charge in [-0.1, -0.05) is 6.07 Å². The van der Waals surface area contributed by atoms with Crippen LogP contribution in [0.4, 0.5) is 0 Å². The van der Waals surface area contributed by atoms with Crippen LogP contribution < -0.4 is 0 Å². The van der Waals surface area contributed by atoms with Gasteiger partial charge in [0, 0.05) is 30.1 Å². The molecule has 0 saturated heterocycles. The lowest BCUT2D eigenvalue weighted by Gasteiger charge is -2.13. The van der Waals surface area contributed by atoms with Gasteiger partial charge >= 0.3 is 0 Å². The van der Waals surface area contributed by atoms with Crippen molar-refractivity contribution in [2.24, 2.45) is 0 Å². The maximum Gasteiger partial charge on any atom is 0.125 e. The van der Waals surface area contributed by atoms with Crippen molar-refractivity contribution in [3.63, 3.8) is 0 Å². The zero-order chi connectivity index (χ0) is 12.3. The van der Waals surface area contributed by atoms with Crippen LogP contribution >= 0.6 is 0 Å². The zero-order valence-corrected chi connectivity index (χ0v) is 9.84. The van der Waals surface area contributed by atoms with Crippen molar-refractivity contribution >= 4 is 0 Å². The average molecular weight is 233 g/mol. The molecule has 5 nitrogen and oxygen atoms in total. The molecule has 0 aliphatic carbocycles. The predicted octanol–water partition coefficient (Wildman–Crippen LogP) is 1.34. The Bertz CT molecular complexity index is 496. The van der Waals surface area contributed by atoms with E-state index in [9.17, 15) is 5.11 Å². The molecule has 2 aromatic rings. The Labute approximate surface area is 99.5 Å². The van der Waals surface area contributed by atoms with Crippen LogP contribution in [-0.2, 0) is 11.3 Å². The van der Waals surface area contributed by atoms with Crippen LogP contribution in [0.25, 0.3) is 0 Å². The van der Waals surface area contributed by atoms with E-state index in [1.165, 1.54) is 0 Å². The van der Waals surface area contributed by atoms with Crippen LogP contribution in [0.15, 0.2) is 24.5 Å². The number of aryl methyl sites for hydroxylation is 1. The fourth-order valence-corrected chi connectivity index (χ4v) is 1.76. The first-order valence-corrected chi connectivity index (χ1v) is 5.34.